The molecule has 2 aromatic rings. The molecular weight excluding hydrogens is 308 g/mol. The molecule has 9 heteroatoms. The van der Waals surface area contributed by atoms with E-state index in [1.54, 1.807) is 13.0 Å². The molecule has 0 spiro atoms. The molecule has 1 unspecified atom stereocenters. The van der Waals surface area contributed by atoms with Crippen molar-refractivity contribution in [1.29, 1.82) is 0 Å². The molecule has 1 atom stereocenters. The fourth-order valence-corrected chi connectivity index (χ4v) is 2.64. The van der Waals surface area contributed by atoms with Crippen LogP contribution < -0.4 is 11.1 Å². The molecule has 0 aliphatic heterocycles. The average molecular weight is 324 g/mol. The number of hydrogen-bond acceptors (Lipinski definition) is 7. The summed E-state index contributed by atoms with van der Waals surface area (Å²) in [7, 11) is 0. The maximum Gasteiger partial charge on any atom is 0.318 e. The van der Waals surface area contributed by atoms with Gasteiger partial charge in [-0.2, -0.15) is 0 Å². The molecule has 118 valence electrons. The number of carbonyl (C=O) groups is 2. The third kappa shape index (κ3) is 3.67. The first-order valence-electron chi connectivity index (χ1n) is 6.53. The lowest BCUT2D eigenvalue weighted by Gasteiger charge is -2.16. The van der Waals surface area contributed by atoms with Gasteiger partial charge in [0.25, 0.3) is 11.1 Å². The van der Waals surface area contributed by atoms with Crippen molar-refractivity contribution in [2.45, 2.75) is 31.2 Å². The van der Waals surface area contributed by atoms with Crippen molar-refractivity contribution < 1.29 is 18.4 Å². The molecule has 2 rings (SSSR count). The van der Waals surface area contributed by atoms with Crippen LogP contribution in [0.4, 0.5) is 4.79 Å². The first-order valence-corrected chi connectivity index (χ1v) is 7.41. The Hall–Kier alpha value is -2.29. The Morgan fingerprint density at radius 3 is 2.64 bits per heavy atom. The van der Waals surface area contributed by atoms with Crippen LogP contribution in [-0.4, -0.2) is 27.4 Å². The van der Waals surface area contributed by atoms with Crippen LogP contribution in [0.2, 0.25) is 0 Å². The van der Waals surface area contributed by atoms with E-state index in [0.29, 0.717) is 17.2 Å². The highest BCUT2D eigenvalue weighted by Gasteiger charge is 2.27. The summed E-state index contributed by atoms with van der Waals surface area (Å²) in [6.45, 7) is 5.47. The molecule has 3 N–H and O–H groups in total. The molecule has 0 aliphatic carbocycles. The summed E-state index contributed by atoms with van der Waals surface area (Å²) >= 11 is 1.08. The number of nitrogens with one attached hydrogen (secondary N) is 1. The normalized spacial score (nSPS) is 12.4. The Morgan fingerprint density at radius 1 is 1.36 bits per heavy atom. The molecule has 8 nitrogen and oxygen atoms in total. The van der Waals surface area contributed by atoms with E-state index >= 15 is 0 Å². The molecule has 0 fully saturated rings. The third-order valence-electron chi connectivity index (χ3n) is 2.83. The van der Waals surface area contributed by atoms with Gasteiger partial charge < -0.3 is 14.6 Å². The number of rotatable bonds is 5. The van der Waals surface area contributed by atoms with Gasteiger partial charge in [0.05, 0.1) is 17.1 Å². The molecular formula is C13H16N4O4S. The van der Waals surface area contributed by atoms with Gasteiger partial charge in [-0.1, -0.05) is 25.6 Å². The number of nitrogens with two attached hydrogens (primary N) is 1. The molecule has 0 saturated carbocycles. The average Bonchev–Trinajstić information content (AvgIpc) is 3.03. The summed E-state index contributed by atoms with van der Waals surface area (Å²) in [6, 6.07) is 0.827. The molecule has 0 aliphatic rings. The highest BCUT2D eigenvalue weighted by atomic mass is 32.2. The molecule has 2 aromatic heterocycles. The lowest BCUT2D eigenvalue weighted by Crippen LogP contribution is -2.42. The van der Waals surface area contributed by atoms with Gasteiger partial charge in [-0.15, -0.1) is 10.2 Å². The zero-order valence-corrected chi connectivity index (χ0v) is 13.1. The van der Waals surface area contributed by atoms with Crippen molar-refractivity contribution in [2.75, 3.05) is 0 Å². The summed E-state index contributed by atoms with van der Waals surface area (Å²) in [6.07, 6.45) is 1.53. The first kappa shape index (κ1) is 16.1. The highest BCUT2D eigenvalue weighted by Crippen LogP contribution is 2.30. The minimum Gasteiger partial charge on any atom is -0.469 e. The standard InChI is InChI=1S/C13H16N4O4S/c1-6(2)9(10(18)15-12(14)19)22-13-17-16-11(21-13)8-4-5-20-7(8)3/h4-6,9H,1-3H3,(H3,14,15,18,19). The van der Waals surface area contributed by atoms with E-state index < -0.39 is 17.2 Å². The Morgan fingerprint density at radius 2 is 2.09 bits per heavy atom. The Labute approximate surface area is 130 Å². The number of amides is 3. The van der Waals surface area contributed by atoms with Crippen molar-refractivity contribution in [3.05, 3.63) is 18.1 Å². The lowest BCUT2D eigenvalue weighted by molar-refractivity contribution is -0.120. The minimum absolute atomic E-state index is 0.0599. The SMILES string of the molecule is Cc1occc1-c1nnc(SC(C(=O)NC(N)=O)C(C)C)o1. The number of imide groups is 1. The zero-order chi connectivity index (χ0) is 16.3. The second-order valence-electron chi connectivity index (χ2n) is 4.90. The summed E-state index contributed by atoms with van der Waals surface area (Å²) < 4.78 is 10.7. The maximum absolute atomic E-state index is 12.0. The Bertz CT molecular complexity index is 679. The van der Waals surface area contributed by atoms with Gasteiger partial charge >= 0.3 is 6.03 Å². The molecule has 22 heavy (non-hydrogen) atoms. The molecule has 2 heterocycles. The number of nitrogens with zero attached hydrogens (tertiary/aromatic N) is 2. The number of furan rings is 1. The van der Waals surface area contributed by atoms with Gasteiger partial charge in [0, 0.05) is 0 Å². The van der Waals surface area contributed by atoms with Gasteiger partial charge in [0.15, 0.2) is 0 Å². The predicted molar refractivity (Wildman–Crippen MR) is 78.9 cm³/mol. The second kappa shape index (κ2) is 6.65. The van der Waals surface area contributed by atoms with E-state index in [0.717, 1.165) is 11.8 Å². The van der Waals surface area contributed by atoms with Gasteiger partial charge in [-0.05, 0) is 18.9 Å². The molecule has 0 aromatic carbocycles. The smallest absolute Gasteiger partial charge is 0.318 e. The fraction of sp³-hybridized carbons (Fsp3) is 0.385. The Kier molecular flexibility index (Phi) is 4.86. The fourth-order valence-electron chi connectivity index (χ4n) is 1.77. The minimum atomic E-state index is -0.892. The number of hydrogen-bond donors (Lipinski definition) is 2. The van der Waals surface area contributed by atoms with Crippen LogP contribution in [0.5, 0.6) is 0 Å². The maximum atomic E-state index is 12.0. The van der Waals surface area contributed by atoms with Crippen molar-refractivity contribution in [2.24, 2.45) is 11.7 Å². The van der Waals surface area contributed by atoms with E-state index in [9.17, 15) is 9.59 Å². The largest absolute Gasteiger partial charge is 0.469 e. The van der Waals surface area contributed by atoms with Crippen LogP contribution in [-0.2, 0) is 4.79 Å². The molecule has 0 radical (unpaired) electrons. The van der Waals surface area contributed by atoms with Crippen LogP contribution in [0.25, 0.3) is 11.5 Å². The predicted octanol–water partition coefficient (Wildman–Crippen LogP) is 1.95. The van der Waals surface area contributed by atoms with E-state index in [2.05, 4.69) is 15.5 Å². The molecule has 3 amide bonds. The van der Waals surface area contributed by atoms with Crippen molar-refractivity contribution in [3.8, 4) is 11.5 Å². The van der Waals surface area contributed by atoms with Crippen LogP contribution in [0.3, 0.4) is 0 Å². The summed E-state index contributed by atoms with van der Waals surface area (Å²) in [5.41, 5.74) is 5.66. The zero-order valence-electron chi connectivity index (χ0n) is 12.3. The van der Waals surface area contributed by atoms with Crippen molar-refractivity contribution in [1.82, 2.24) is 15.5 Å². The van der Waals surface area contributed by atoms with E-state index in [4.69, 9.17) is 14.6 Å². The number of thioether (sulfide) groups is 1. The molecule has 0 bridgehead atoms. The van der Waals surface area contributed by atoms with E-state index in [1.165, 1.54) is 6.26 Å². The van der Waals surface area contributed by atoms with E-state index in [-0.39, 0.29) is 11.1 Å². The lowest BCUT2D eigenvalue weighted by atomic mass is 10.1. The third-order valence-corrected chi connectivity index (χ3v) is 4.21. The summed E-state index contributed by atoms with van der Waals surface area (Å²) in [5, 5.41) is 9.55. The van der Waals surface area contributed by atoms with Crippen LogP contribution in [0.15, 0.2) is 26.4 Å². The Balaban J connectivity index is 2.14. The van der Waals surface area contributed by atoms with Crippen LogP contribution in [0.1, 0.15) is 19.6 Å². The number of carbonyl (C=O) groups excluding carboxylic acids is 2. The van der Waals surface area contributed by atoms with Crippen LogP contribution >= 0.6 is 11.8 Å². The van der Waals surface area contributed by atoms with Gasteiger partial charge in [-0.25, -0.2) is 4.79 Å². The first-order chi connectivity index (χ1) is 10.4. The topological polar surface area (TPSA) is 124 Å². The quantitative estimate of drug-likeness (QED) is 0.805. The summed E-state index contributed by atoms with van der Waals surface area (Å²) in [4.78, 5) is 22.8. The van der Waals surface area contributed by atoms with E-state index in [1.807, 2.05) is 13.8 Å². The van der Waals surface area contributed by atoms with Crippen molar-refractivity contribution >= 4 is 23.7 Å². The molecule has 0 saturated heterocycles. The highest BCUT2D eigenvalue weighted by molar-refractivity contribution is 8.00. The number of aryl methyl sites for hydroxylation is 1. The van der Waals surface area contributed by atoms with Gasteiger partial charge in [0.2, 0.25) is 5.91 Å². The van der Waals surface area contributed by atoms with Gasteiger partial charge in [0.1, 0.15) is 5.76 Å². The number of urea groups is 1. The monoisotopic (exact) mass is 324 g/mol. The van der Waals surface area contributed by atoms with Crippen LogP contribution in [0, 0.1) is 12.8 Å². The van der Waals surface area contributed by atoms with Gasteiger partial charge in [-0.3, -0.25) is 10.1 Å². The number of aromatic nitrogens is 2. The summed E-state index contributed by atoms with van der Waals surface area (Å²) in [5.74, 6) is 0.417. The number of primary amides is 1. The van der Waals surface area contributed by atoms with Crippen molar-refractivity contribution in [3.63, 3.8) is 0 Å². The second-order valence-corrected chi connectivity index (χ2v) is 5.99.